The minimum absolute atomic E-state index is 0.100. The van der Waals surface area contributed by atoms with Gasteiger partial charge in [0.2, 0.25) is 11.8 Å². The van der Waals surface area contributed by atoms with Crippen molar-refractivity contribution in [2.24, 2.45) is 11.5 Å². The van der Waals surface area contributed by atoms with E-state index in [1.165, 1.54) is 5.56 Å². The summed E-state index contributed by atoms with van der Waals surface area (Å²) in [6.07, 6.45) is 1.77. The van der Waals surface area contributed by atoms with Crippen LogP contribution in [-0.2, 0) is 22.6 Å². The molecule has 0 aliphatic carbocycles. The third-order valence-corrected chi connectivity index (χ3v) is 3.40. The molecular weight excluding hydrogens is 242 g/mol. The number of amides is 2. The van der Waals surface area contributed by atoms with Crippen molar-refractivity contribution in [2.75, 3.05) is 6.54 Å². The summed E-state index contributed by atoms with van der Waals surface area (Å²) in [5, 5.41) is 0. The van der Waals surface area contributed by atoms with E-state index in [0.717, 1.165) is 18.4 Å². The molecule has 5 nitrogen and oxygen atoms in total. The summed E-state index contributed by atoms with van der Waals surface area (Å²) in [6.45, 7) is 1.22. The van der Waals surface area contributed by atoms with E-state index in [2.05, 4.69) is 6.07 Å². The number of rotatable bonds is 3. The number of nitrogens with zero attached hydrogens (tertiary/aromatic N) is 1. The summed E-state index contributed by atoms with van der Waals surface area (Å²) in [7, 11) is 0. The highest BCUT2D eigenvalue weighted by Crippen LogP contribution is 2.18. The Morgan fingerprint density at radius 3 is 2.63 bits per heavy atom. The Morgan fingerprint density at radius 2 is 1.95 bits per heavy atom. The Hall–Kier alpha value is -1.88. The molecule has 2 amide bonds. The van der Waals surface area contributed by atoms with Gasteiger partial charge in [0.15, 0.2) is 0 Å². The van der Waals surface area contributed by atoms with E-state index in [9.17, 15) is 9.59 Å². The van der Waals surface area contributed by atoms with Gasteiger partial charge < -0.3 is 16.4 Å². The van der Waals surface area contributed by atoms with Crippen LogP contribution in [0.2, 0.25) is 0 Å². The van der Waals surface area contributed by atoms with Gasteiger partial charge in [-0.3, -0.25) is 9.59 Å². The number of fused-ring (bicyclic) bond motifs is 1. The highest BCUT2D eigenvalue weighted by molar-refractivity contribution is 5.87. The second kappa shape index (κ2) is 5.84. The van der Waals surface area contributed by atoms with Gasteiger partial charge in [-0.25, -0.2) is 0 Å². The molecule has 0 aromatic heterocycles. The average Bonchev–Trinajstić information content (AvgIpc) is 2.58. The Balaban J connectivity index is 2.09. The van der Waals surface area contributed by atoms with E-state index >= 15 is 0 Å². The topological polar surface area (TPSA) is 89.4 Å². The molecule has 1 unspecified atom stereocenters. The average molecular weight is 261 g/mol. The molecule has 5 heteroatoms. The zero-order chi connectivity index (χ0) is 13.8. The van der Waals surface area contributed by atoms with Gasteiger partial charge in [-0.1, -0.05) is 24.3 Å². The fourth-order valence-electron chi connectivity index (χ4n) is 2.43. The number of aryl methyl sites for hydroxylation is 1. The number of nitrogens with two attached hydrogens (primary N) is 2. The molecule has 0 radical (unpaired) electrons. The molecule has 0 saturated heterocycles. The minimum atomic E-state index is -0.831. The first-order chi connectivity index (χ1) is 9.08. The quantitative estimate of drug-likeness (QED) is 0.812. The van der Waals surface area contributed by atoms with Crippen molar-refractivity contribution in [2.45, 2.75) is 31.8 Å². The van der Waals surface area contributed by atoms with Crippen LogP contribution in [0.15, 0.2) is 24.3 Å². The highest BCUT2D eigenvalue weighted by Gasteiger charge is 2.24. The molecule has 0 saturated carbocycles. The van der Waals surface area contributed by atoms with Crippen molar-refractivity contribution in [3.63, 3.8) is 0 Å². The molecule has 0 fully saturated rings. The molecule has 4 N–H and O–H groups in total. The van der Waals surface area contributed by atoms with E-state index < -0.39 is 11.9 Å². The van der Waals surface area contributed by atoms with Gasteiger partial charge in [0.25, 0.3) is 0 Å². The maximum atomic E-state index is 12.2. The Kier molecular flexibility index (Phi) is 4.16. The fourth-order valence-corrected chi connectivity index (χ4v) is 2.43. The number of primary amides is 1. The largest absolute Gasteiger partial charge is 0.370 e. The van der Waals surface area contributed by atoms with Gasteiger partial charge in [0.1, 0.15) is 0 Å². The first-order valence-corrected chi connectivity index (χ1v) is 6.47. The van der Waals surface area contributed by atoms with Crippen LogP contribution >= 0.6 is 0 Å². The van der Waals surface area contributed by atoms with Crippen molar-refractivity contribution < 1.29 is 9.59 Å². The lowest BCUT2D eigenvalue weighted by Crippen LogP contribution is -2.45. The molecule has 1 atom stereocenters. The van der Waals surface area contributed by atoms with E-state index in [4.69, 9.17) is 11.5 Å². The first-order valence-electron chi connectivity index (χ1n) is 6.47. The molecular formula is C14H19N3O2. The van der Waals surface area contributed by atoms with Gasteiger partial charge in [-0.15, -0.1) is 0 Å². The second-order valence-electron chi connectivity index (χ2n) is 4.91. The summed E-state index contributed by atoms with van der Waals surface area (Å²) in [5.41, 5.74) is 13.2. The standard InChI is InChI=1S/C14H19N3O2/c15-12(8-13(16)18)14(19)17-7-3-6-10-4-1-2-5-11(10)9-17/h1-2,4-5,12H,3,6-9,15H2,(H2,16,18). The van der Waals surface area contributed by atoms with Crippen LogP contribution < -0.4 is 11.5 Å². The zero-order valence-electron chi connectivity index (χ0n) is 10.8. The van der Waals surface area contributed by atoms with Gasteiger partial charge in [0, 0.05) is 13.1 Å². The first kappa shape index (κ1) is 13.5. The Morgan fingerprint density at radius 1 is 1.26 bits per heavy atom. The Bertz CT molecular complexity index is 487. The molecule has 0 spiro atoms. The lowest BCUT2D eigenvalue weighted by Gasteiger charge is -2.24. The van der Waals surface area contributed by atoms with Gasteiger partial charge in [0.05, 0.1) is 12.5 Å². The molecule has 1 heterocycles. The van der Waals surface area contributed by atoms with Crippen LogP contribution in [0, 0.1) is 0 Å². The number of hydrogen-bond acceptors (Lipinski definition) is 3. The number of benzene rings is 1. The molecule has 19 heavy (non-hydrogen) atoms. The zero-order valence-corrected chi connectivity index (χ0v) is 10.8. The van der Waals surface area contributed by atoms with Crippen molar-refractivity contribution in [3.8, 4) is 0 Å². The van der Waals surface area contributed by atoms with E-state index in [-0.39, 0.29) is 12.3 Å². The fraction of sp³-hybridized carbons (Fsp3) is 0.429. The SMILES string of the molecule is NC(=O)CC(N)C(=O)N1CCCc2ccccc2C1. The maximum absolute atomic E-state index is 12.2. The minimum Gasteiger partial charge on any atom is -0.370 e. The summed E-state index contributed by atoms with van der Waals surface area (Å²) in [6, 6.07) is 7.26. The molecule has 1 aliphatic rings. The van der Waals surface area contributed by atoms with Crippen molar-refractivity contribution in [1.82, 2.24) is 4.90 Å². The highest BCUT2D eigenvalue weighted by atomic mass is 16.2. The smallest absolute Gasteiger partial charge is 0.240 e. The van der Waals surface area contributed by atoms with Gasteiger partial charge >= 0.3 is 0 Å². The monoisotopic (exact) mass is 261 g/mol. The number of carbonyl (C=O) groups is 2. The summed E-state index contributed by atoms with van der Waals surface area (Å²) < 4.78 is 0. The lowest BCUT2D eigenvalue weighted by molar-refractivity contribution is -0.135. The predicted octanol–water partition coefficient (Wildman–Crippen LogP) is 0.164. The molecule has 1 aromatic rings. The van der Waals surface area contributed by atoms with Crippen LogP contribution in [0.4, 0.5) is 0 Å². The summed E-state index contributed by atoms with van der Waals surface area (Å²) >= 11 is 0. The molecule has 2 rings (SSSR count). The van der Waals surface area contributed by atoms with Crippen molar-refractivity contribution in [3.05, 3.63) is 35.4 Å². The second-order valence-corrected chi connectivity index (χ2v) is 4.91. The van der Waals surface area contributed by atoms with Crippen LogP contribution in [0.5, 0.6) is 0 Å². The predicted molar refractivity (Wildman–Crippen MR) is 72.0 cm³/mol. The van der Waals surface area contributed by atoms with Crippen LogP contribution in [0.3, 0.4) is 0 Å². The maximum Gasteiger partial charge on any atom is 0.240 e. The van der Waals surface area contributed by atoms with E-state index in [1.54, 1.807) is 4.90 Å². The Labute approximate surface area is 112 Å². The van der Waals surface area contributed by atoms with Crippen LogP contribution in [0.1, 0.15) is 24.0 Å². The molecule has 1 aliphatic heterocycles. The van der Waals surface area contributed by atoms with Gasteiger partial charge in [-0.05, 0) is 24.0 Å². The normalized spacial score (nSPS) is 16.4. The van der Waals surface area contributed by atoms with Crippen LogP contribution in [0.25, 0.3) is 0 Å². The number of hydrogen-bond donors (Lipinski definition) is 2. The summed E-state index contributed by atoms with van der Waals surface area (Å²) in [4.78, 5) is 24.7. The molecule has 0 bridgehead atoms. The van der Waals surface area contributed by atoms with E-state index in [0.29, 0.717) is 13.1 Å². The van der Waals surface area contributed by atoms with Crippen LogP contribution in [-0.4, -0.2) is 29.3 Å². The lowest BCUT2D eigenvalue weighted by atomic mass is 10.0. The summed E-state index contributed by atoms with van der Waals surface area (Å²) in [5.74, 6) is -0.744. The number of carbonyl (C=O) groups excluding carboxylic acids is 2. The third-order valence-electron chi connectivity index (χ3n) is 3.40. The van der Waals surface area contributed by atoms with Crippen molar-refractivity contribution in [1.29, 1.82) is 0 Å². The third kappa shape index (κ3) is 3.32. The van der Waals surface area contributed by atoms with Gasteiger partial charge in [-0.2, -0.15) is 0 Å². The van der Waals surface area contributed by atoms with E-state index in [1.807, 2.05) is 18.2 Å². The van der Waals surface area contributed by atoms with Crippen molar-refractivity contribution >= 4 is 11.8 Å². The molecule has 102 valence electrons. The molecule has 1 aromatic carbocycles.